The Morgan fingerprint density at radius 3 is 2.22 bits per heavy atom. The van der Waals surface area contributed by atoms with E-state index < -0.39 is 5.97 Å². The first-order valence-electron chi connectivity index (χ1n) is 10.3. The SMILES string of the molecule is Cc1cc(C)c(C(=O)Oc2ccc3c(=O)c(Oc4cc(C)ccc4C)coc3c2)c(C)c1. The molecule has 0 aliphatic rings. The molecule has 0 bridgehead atoms. The predicted molar refractivity (Wildman–Crippen MR) is 124 cm³/mol. The third-order valence-electron chi connectivity index (χ3n) is 5.37. The van der Waals surface area contributed by atoms with Crippen LogP contribution in [0.5, 0.6) is 17.2 Å². The molecule has 3 aromatic carbocycles. The Morgan fingerprint density at radius 1 is 0.781 bits per heavy atom. The lowest BCUT2D eigenvalue weighted by Gasteiger charge is -2.11. The van der Waals surface area contributed by atoms with Crippen LogP contribution in [-0.2, 0) is 0 Å². The summed E-state index contributed by atoms with van der Waals surface area (Å²) >= 11 is 0. The summed E-state index contributed by atoms with van der Waals surface area (Å²) in [5.41, 5.74) is 5.29. The molecule has 0 amide bonds. The van der Waals surface area contributed by atoms with Crippen molar-refractivity contribution in [1.82, 2.24) is 0 Å². The fourth-order valence-electron chi connectivity index (χ4n) is 3.82. The predicted octanol–water partition coefficient (Wildman–Crippen LogP) is 6.35. The maximum Gasteiger partial charge on any atom is 0.344 e. The van der Waals surface area contributed by atoms with Crippen molar-refractivity contribution in [2.45, 2.75) is 34.6 Å². The molecule has 0 saturated heterocycles. The van der Waals surface area contributed by atoms with Gasteiger partial charge >= 0.3 is 5.97 Å². The third-order valence-corrected chi connectivity index (χ3v) is 5.37. The summed E-state index contributed by atoms with van der Waals surface area (Å²) in [5, 5.41) is 0.343. The summed E-state index contributed by atoms with van der Waals surface area (Å²) in [4.78, 5) is 25.7. The van der Waals surface area contributed by atoms with Crippen LogP contribution in [-0.4, -0.2) is 5.97 Å². The molecular formula is C27H24O5. The van der Waals surface area contributed by atoms with Crippen LogP contribution < -0.4 is 14.9 Å². The maximum absolute atomic E-state index is 12.9. The van der Waals surface area contributed by atoms with Gasteiger partial charge in [-0.15, -0.1) is 0 Å². The number of hydrogen-bond acceptors (Lipinski definition) is 5. The average molecular weight is 428 g/mol. The van der Waals surface area contributed by atoms with Crippen LogP contribution in [0.4, 0.5) is 0 Å². The molecule has 0 aliphatic carbocycles. The molecule has 0 radical (unpaired) electrons. The quantitative estimate of drug-likeness (QED) is 0.280. The molecule has 4 rings (SSSR count). The van der Waals surface area contributed by atoms with Gasteiger partial charge in [-0.1, -0.05) is 29.8 Å². The van der Waals surface area contributed by atoms with Crippen LogP contribution in [0.15, 0.2) is 64.0 Å². The van der Waals surface area contributed by atoms with Gasteiger partial charge in [-0.3, -0.25) is 4.79 Å². The summed E-state index contributed by atoms with van der Waals surface area (Å²) in [7, 11) is 0. The van der Waals surface area contributed by atoms with Gasteiger partial charge in [0.1, 0.15) is 23.3 Å². The van der Waals surface area contributed by atoms with Crippen molar-refractivity contribution in [3.05, 3.63) is 98.4 Å². The highest BCUT2D eigenvalue weighted by atomic mass is 16.5. The Morgan fingerprint density at radius 2 is 1.50 bits per heavy atom. The van der Waals surface area contributed by atoms with Crippen LogP contribution in [0.1, 0.15) is 38.2 Å². The number of carbonyl (C=O) groups is 1. The minimum atomic E-state index is -0.448. The van der Waals surface area contributed by atoms with Gasteiger partial charge in [0.2, 0.25) is 11.2 Å². The molecule has 1 heterocycles. The molecule has 0 saturated carbocycles. The number of aryl methyl sites for hydroxylation is 5. The minimum absolute atomic E-state index is 0.0989. The fraction of sp³-hybridized carbons (Fsp3) is 0.185. The van der Waals surface area contributed by atoms with Gasteiger partial charge in [0.05, 0.1) is 10.9 Å². The average Bonchev–Trinajstić information content (AvgIpc) is 2.72. The molecule has 5 heteroatoms. The van der Waals surface area contributed by atoms with Gasteiger partial charge in [-0.25, -0.2) is 4.79 Å². The maximum atomic E-state index is 12.9. The van der Waals surface area contributed by atoms with Gasteiger partial charge in [0.25, 0.3) is 0 Å². The minimum Gasteiger partial charge on any atom is -0.460 e. The Hall–Kier alpha value is -3.86. The molecule has 1 aromatic heterocycles. The zero-order valence-electron chi connectivity index (χ0n) is 18.7. The highest BCUT2D eigenvalue weighted by Gasteiger charge is 2.17. The van der Waals surface area contributed by atoms with E-state index >= 15 is 0 Å². The highest BCUT2D eigenvalue weighted by molar-refractivity contribution is 5.94. The lowest BCUT2D eigenvalue weighted by atomic mass is 10.00. The standard InChI is InChI=1S/C27H24O5/c1-15-6-7-17(3)22(12-15)32-24-14-30-23-13-20(8-9-21(23)26(24)28)31-27(29)25-18(4)10-16(2)11-19(25)5/h6-14H,1-5H3. The van der Waals surface area contributed by atoms with Crippen LogP contribution in [0.3, 0.4) is 0 Å². The second-order valence-corrected chi connectivity index (χ2v) is 8.12. The van der Waals surface area contributed by atoms with Crippen LogP contribution in [0.2, 0.25) is 0 Å². The smallest absolute Gasteiger partial charge is 0.344 e. The zero-order chi connectivity index (χ0) is 23.0. The van der Waals surface area contributed by atoms with Crippen LogP contribution >= 0.6 is 0 Å². The summed E-state index contributed by atoms with van der Waals surface area (Å²) in [6.07, 6.45) is 1.28. The molecule has 162 valence electrons. The number of rotatable bonds is 4. The van der Waals surface area contributed by atoms with Crippen molar-refractivity contribution in [3.8, 4) is 17.2 Å². The Balaban J connectivity index is 1.63. The van der Waals surface area contributed by atoms with Crippen molar-refractivity contribution in [1.29, 1.82) is 0 Å². The molecule has 0 aliphatic heterocycles. The zero-order valence-corrected chi connectivity index (χ0v) is 18.7. The van der Waals surface area contributed by atoms with Crippen molar-refractivity contribution in [2.24, 2.45) is 0 Å². The number of carbonyl (C=O) groups excluding carboxylic acids is 1. The summed E-state index contributed by atoms with van der Waals surface area (Å²) in [6.45, 7) is 9.62. The second kappa shape index (κ2) is 8.35. The first-order chi connectivity index (χ1) is 15.2. The number of fused-ring (bicyclic) bond motifs is 1. The molecule has 4 aromatic rings. The van der Waals surface area contributed by atoms with E-state index in [1.165, 1.54) is 12.3 Å². The van der Waals surface area contributed by atoms with Crippen molar-refractivity contribution >= 4 is 16.9 Å². The van der Waals surface area contributed by atoms with Gasteiger partial charge in [0, 0.05) is 6.07 Å². The van der Waals surface area contributed by atoms with E-state index in [4.69, 9.17) is 13.9 Å². The molecule has 32 heavy (non-hydrogen) atoms. The normalized spacial score (nSPS) is 10.9. The van der Waals surface area contributed by atoms with Gasteiger partial charge in [0.15, 0.2) is 0 Å². The summed E-state index contributed by atoms with van der Waals surface area (Å²) in [6, 6.07) is 14.4. The monoisotopic (exact) mass is 428 g/mol. The van der Waals surface area contributed by atoms with Gasteiger partial charge in [-0.05, 0) is 75.1 Å². The number of esters is 1. The summed E-state index contributed by atoms with van der Waals surface area (Å²) < 4.78 is 17.0. The fourth-order valence-corrected chi connectivity index (χ4v) is 3.82. The summed E-state index contributed by atoms with van der Waals surface area (Å²) in [5.74, 6) is 0.553. The highest BCUT2D eigenvalue weighted by Crippen LogP contribution is 2.27. The number of hydrogen-bond donors (Lipinski definition) is 0. The topological polar surface area (TPSA) is 65.7 Å². The van der Waals surface area contributed by atoms with Crippen molar-refractivity contribution in [3.63, 3.8) is 0 Å². The molecular weight excluding hydrogens is 404 g/mol. The van der Waals surface area contributed by atoms with E-state index in [1.807, 2.05) is 65.0 Å². The first-order valence-corrected chi connectivity index (χ1v) is 10.3. The van der Waals surface area contributed by atoms with E-state index in [2.05, 4.69) is 0 Å². The molecule has 0 spiro atoms. The van der Waals surface area contributed by atoms with E-state index in [9.17, 15) is 9.59 Å². The third kappa shape index (κ3) is 4.14. The van der Waals surface area contributed by atoms with Crippen LogP contribution in [0.25, 0.3) is 11.0 Å². The van der Waals surface area contributed by atoms with Crippen molar-refractivity contribution in [2.75, 3.05) is 0 Å². The first kappa shape index (κ1) is 21.4. The lowest BCUT2D eigenvalue weighted by Crippen LogP contribution is -2.12. The van der Waals surface area contributed by atoms with Crippen molar-refractivity contribution < 1.29 is 18.7 Å². The second-order valence-electron chi connectivity index (χ2n) is 8.12. The largest absolute Gasteiger partial charge is 0.460 e. The van der Waals surface area contributed by atoms with E-state index in [0.29, 0.717) is 28.0 Å². The Labute approximate surface area is 186 Å². The lowest BCUT2D eigenvalue weighted by molar-refractivity contribution is 0.0733. The van der Waals surface area contributed by atoms with Gasteiger partial charge in [-0.2, -0.15) is 0 Å². The van der Waals surface area contributed by atoms with Crippen LogP contribution in [0, 0.1) is 34.6 Å². The molecule has 0 fully saturated rings. The molecule has 0 unspecified atom stereocenters. The van der Waals surface area contributed by atoms with E-state index in [1.54, 1.807) is 12.1 Å². The Bertz CT molecular complexity index is 1390. The van der Waals surface area contributed by atoms with E-state index in [-0.39, 0.29) is 11.2 Å². The molecule has 0 N–H and O–H groups in total. The van der Waals surface area contributed by atoms with E-state index in [0.717, 1.165) is 27.8 Å². The molecule has 5 nitrogen and oxygen atoms in total. The Kier molecular flexibility index (Phi) is 5.57. The number of benzene rings is 3. The molecule has 0 atom stereocenters. The number of ether oxygens (including phenoxy) is 2. The van der Waals surface area contributed by atoms with Gasteiger partial charge < -0.3 is 13.9 Å².